The van der Waals surface area contributed by atoms with Crippen LogP contribution in [0.15, 0.2) is 76.5 Å². The fourth-order valence-corrected chi connectivity index (χ4v) is 4.06. The van der Waals surface area contributed by atoms with Crippen LogP contribution in [0, 0.1) is 6.92 Å². The molecule has 8 heteroatoms. The highest BCUT2D eigenvalue weighted by molar-refractivity contribution is 8.00. The second kappa shape index (κ2) is 9.41. The maximum absolute atomic E-state index is 12.7. The number of carbonyl (C=O) groups is 1. The maximum atomic E-state index is 12.7. The van der Waals surface area contributed by atoms with Gasteiger partial charge < -0.3 is 9.73 Å². The van der Waals surface area contributed by atoms with Crippen molar-refractivity contribution in [2.75, 3.05) is 5.32 Å². The van der Waals surface area contributed by atoms with Gasteiger partial charge in [-0.25, -0.2) is 0 Å². The van der Waals surface area contributed by atoms with Gasteiger partial charge in [-0.3, -0.25) is 9.36 Å². The van der Waals surface area contributed by atoms with Crippen molar-refractivity contribution in [1.82, 2.24) is 14.8 Å². The quantitative estimate of drug-likeness (QED) is 0.366. The zero-order valence-corrected chi connectivity index (χ0v) is 18.7. The third kappa shape index (κ3) is 5.00. The first kappa shape index (κ1) is 21.2. The number of benzene rings is 2. The molecule has 0 bridgehead atoms. The number of aryl methyl sites for hydroxylation is 1. The van der Waals surface area contributed by atoms with E-state index in [-0.39, 0.29) is 11.2 Å². The Morgan fingerprint density at radius 1 is 1.13 bits per heavy atom. The van der Waals surface area contributed by atoms with Gasteiger partial charge in [-0.15, -0.1) is 10.2 Å². The summed E-state index contributed by atoms with van der Waals surface area (Å²) in [6.07, 6.45) is 1.64. The maximum Gasteiger partial charge on any atom is 0.237 e. The van der Waals surface area contributed by atoms with Gasteiger partial charge in [0.2, 0.25) is 5.91 Å². The summed E-state index contributed by atoms with van der Waals surface area (Å²) < 4.78 is 7.48. The van der Waals surface area contributed by atoms with E-state index >= 15 is 0 Å². The van der Waals surface area contributed by atoms with E-state index in [1.54, 1.807) is 30.5 Å². The molecule has 2 aromatic carbocycles. The summed E-state index contributed by atoms with van der Waals surface area (Å²) in [7, 11) is 0. The molecule has 2 aromatic heterocycles. The van der Waals surface area contributed by atoms with E-state index in [1.165, 1.54) is 11.8 Å². The summed E-state index contributed by atoms with van der Waals surface area (Å²) in [5, 5.41) is 12.6. The minimum absolute atomic E-state index is 0.123. The highest BCUT2D eigenvalue weighted by Crippen LogP contribution is 2.30. The molecule has 6 nitrogen and oxygen atoms in total. The molecule has 1 amide bonds. The van der Waals surface area contributed by atoms with Gasteiger partial charge in [0, 0.05) is 10.7 Å². The molecular weight excluding hydrogens is 432 g/mol. The second-order valence-corrected chi connectivity index (χ2v) is 8.77. The number of hydrogen-bond acceptors (Lipinski definition) is 5. The number of rotatable bonds is 7. The number of halogens is 1. The predicted octanol–water partition coefficient (Wildman–Crippen LogP) is 5.67. The Morgan fingerprint density at radius 3 is 2.55 bits per heavy atom. The average Bonchev–Trinajstić information content (AvgIpc) is 3.36. The molecule has 0 saturated carbocycles. The third-order valence-corrected chi connectivity index (χ3v) is 6.10. The molecule has 0 saturated heterocycles. The van der Waals surface area contributed by atoms with Crippen LogP contribution in [0.25, 0.3) is 11.4 Å². The summed E-state index contributed by atoms with van der Waals surface area (Å²) in [5.74, 6) is 1.36. The van der Waals surface area contributed by atoms with E-state index in [4.69, 9.17) is 16.0 Å². The van der Waals surface area contributed by atoms with Crippen LogP contribution in [0.3, 0.4) is 0 Å². The van der Waals surface area contributed by atoms with Crippen molar-refractivity contribution >= 4 is 35.0 Å². The van der Waals surface area contributed by atoms with Crippen LogP contribution in [0.4, 0.5) is 5.69 Å². The lowest BCUT2D eigenvalue weighted by Crippen LogP contribution is -2.23. The monoisotopic (exact) mass is 452 g/mol. The van der Waals surface area contributed by atoms with Crippen molar-refractivity contribution in [3.63, 3.8) is 0 Å². The minimum atomic E-state index is -0.382. The number of nitrogens with zero attached hydrogens (tertiary/aromatic N) is 3. The van der Waals surface area contributed by atoms with E-state index in [1.807, 2.05) is 42.7 Å². The molecule has 0 aliphatic rings. The molecule has 0 aliphatic heterocycles. The van der Waals surface area contributed by atoms with Gasteiger partial charge in [-0.2, -0.15) is 0 Å². The van der Waals surface area contributed by atoms with Gasteiger partial charge in [0.15, 0.2) is 11.0 Å². The fraction of sp³-hybridized carbons (Fsp3) is 0.174. The average molecular weight is 453 g/mol. The summed E-state index contributed by atoms with van der Waals surface area (Å²) >= 11 is 7.28. The summed E-state index contributed by atoms with van der Waals surface area (Å²) in [6, 6.07) is 19.0. The van der Waals surface area contributed by atoms with Crippen LogP contribution in [-0.2, 0) is 11.3 Å². The van der Waals surface area contributed by atoms with Crippen LogP contribution in [-0.4, -0.2) is 25.9 Å². The van der Waals surface area contributed by atoms with Crippen molar-refractivity contribution in [3.8, 4) is 11.4 Å². The molecule has 4 rings (SSSR count). The van der Waals surface area contributed by atoms with E-state index < -0.39 is 0 Å². The minimum Gasteiger partial charge on any atom is -0.469 e. The number of thioether (sulfide) groups is 1. The molecule has 1 unspecified atom stereocenters. The van der Waals surface area contributed by atoms with E-state index in [0.29, 0.717) is 28.2 Å². The molecule has 1 N–H and O–H groups in total. The number of amides is 1. The molecule has 0 radical (unpaired) electrons. The number of aromatic nitrogens is 3. The predicted molar refractivity (Wildman–Crippen MR) is 123 cm³/mol. The zero-order chi connectivity index (χ0) is 21.8. The lowest BCUT2D eigenvalue weighted by Gasteiger charge is -2.14. The number of furan rings is 1. The van der Waals surface area contributed by atoms with Crippen molar-refractivity contribution in [2.45, 2.75) is 30.8 Å². The number of hydrogen-bond donors (Lipinski definition) is 1. The lowest BCUT2D eigenvalue weighted by molar-refractivity contribution is -0.115. The highest BCUT2D eigenvalue weighted by Gasteiger charge is 2.22. The van der Waals surface area contributed by atoms with Gasteiger partial charge in [0.25, 0.3) is 0 Å². The van der Waals surface area contributed by atoms with Crippen molar-refractivity contribution in [1.29, 1.82) is 0 Å². The first-order valence-corrected chi connectivity index (χ1v) is 11.0. The van der Waals surface area contributed by atoms with Crippen molar-refractivity contribution in [2.24, 2.45) is 0 Å². The smallest absolute Gasteiger partial charge is 0.237 e. The Morgan fingerprint density at radius 2 is 1.87 bits per heavy atom. The van der Waals surface area contributed by atoms with Crippen LogP contribution in [0.5, 0.6) is 0 Å². The molecule has 158 valence electrons. The van der Waals surface area contributed by atoms with Gasteiger partial charge >= 0.3 is 0 Å². The lowest BCUT2D eigenvalue weighted by atomic mass is 10.2. The fourth-order valence-electron chi connectivity index (χ4n) is 3.09. The normalized spacial score (nSPS) is 12.0. The SMILES string of the molecule is Cc1occc1-c1nnc(SC(C)C(=O)Nc2ccc(Cl)cc2)n1Cc1ccccc1. The Bertz CT molecular complexity index is 1170. The van der Waals surface area contributed by atoms with E-state index in [2.05, 4.69) is 27.6 Å². The van der Waals surface area contributed by atoms with Crippen LogP contribution in [0.2, 0.25) is 5.02 Å². The first-order valence-electron chi connectivity index (χ1n) is 9.76. The number of nitrogens with one attached hydrogen (secondary N) is 1. The first-order chi connectivity index (χ1) is 15.0. The molecule has 1 atom stereocenters. The second-order valence-electron chi connectivity index (χ2n) is 7.02. The Hall–Kier alpha value is -3.03. The molecule has 0 aliphatic carbocycles. The molecule has 4 aromatic rings. The van der Waals surface area contributed by atoms with Crippen LogP contribution < -0.4 is 5.32 Å². The topological polar surface area (TPSA) is 72.9 Å². The van der Waals surface area contributed by atoms with Crippen LogP contribution in [0.1, 0.15) is 18.2 Å². The highest BCUT2D eigenvalue weighted by atomic mass is 35.5. The Balaban J connectivity index is 1.58. The standard InChI is InChI=1S/C23H21ClN4O2S/c1-15-20(12-13-30-15)21-26-27-23(28(21)14-17-6-4-3-5-7-17)31-16(2)22(29)25-19-10-8-18(24)9-11-19/h3-13,16H,14H2,1-2H3,(H,25,29). The van der Waals surface area contributed by atoms with E-state index in [9.17, 15) is 4.79 Å². The molecule has 2 heterocycles. The largest absolute Gasteiger partial charge is 0.469 e. The Labute approximate surface area is 189 Å². The van der Waals surface area contributed by atoms with Crippen molar-refractivity contribution < 1.29 is 9.21 Å². The molecule has 0 spiro atoms. The number of carbonyl (C=O) groups excluding carboxylic acids is 1. The summed E-state index contributed by atoms with van der Waals surface area (Å²) in [6.45, 7) is 4.33. The molecular formula is C23H21ClN4O2S. The number of anilines is 1. The molecule has 0 fully saturated rings. The molecule has 31 heavy (non-hydrogen) atoms. The summed E-state index contributed by atoms with van der Waals surface area (Å²) in [4.78, 5) is 12.7. The van der Waals surface area contributed by atoms with Gasteiger partial charge in [-0.1, -0.05) is 53.7 Å². The van der Waals surface area contributed by atoms with Gasteiger partial charge in [-0.05, 0) is 49.7 Å². The van der Waals surface area contributed by atoms with Crippen LogP contribution >= 0.6 is 23.4 Å². The van der Waals surface area contributed by atoms with Crippen molar-refractivity contribution in [3.05, 3.63) is 83.3 Å². The third-order valence-electron chi connectivity index (χ3n) is 4.76. The van der Waals surface area contributed by atoms with Gasteiger partial charge in [0.05, 0.1) is 23.6 Å². The Kier molecular flexibility index (Phi) is 6.44. The van der Waals surface area contributed by atoms with E-state index in [0.717, 1.165) is 16.9 Å². The van der Waals surface area contributed by atoms with Gasteiger partial charge in [0.1, 0.15) is 5.76 Å². The zero-order valence-electron chi connectivity index (χ0n) is 17.1. The summed E-state index contributed by atoms with van der Waals surface area (Å²) in [5.41, 5.74) is 2.70.